The summed E-state index contributed by atoms with van der Waals surface area (Å²) < 4.78 is 0. The highest BCUT2D eigenvalue weighted by Gasteiger charge is 2.27. The number of likely N-dealkylation sites (N-methyl/N-ethyl adjacent to an activating group) is 1. The maximum absolute atomic E-state index is 10.7. The summed E-state index contributed by atoms with van der Waals surface area (Å²) in [7, 11) is 1.66. The predicted molar refractivity (Wildman–Crippen MR) is 40.3 cm³/mol. The summed E-state index contributed by atoms with van der Waals surface area (Å²) in [5, 5.41) is 2.74. The number of nitrogens with two attached hydrogens (primary N) is 2. The van der Waals surface area contributed by atoms with Gasteiger partial charge in [0.05, 0.1) is 0 Å². The molecule has 0 bridgehead atoms. The molecule has 5 N–H and O–H groups in total. The molecular formula is C6H15N3O. The molecule has 0 aromatic carbocycles. The molecule has 60 valence electrons. The van der Waals surface area contributed by atoms with Crippen molar-refractivity contribution in [2.45, 2.75) is 25.4 Å². The number of rotatable bonds is 3. The molecule has 1 atom stereocenters. The Morgan fingerprint density at radius 2 is 2.00 bits per heavy atom. The fraction of sp³-hybridized carbons (Fsp3) is 0.833. The van der Waals surface area contributed by atoms with E-state index < -0.39 is 17.5 Å². The van der Waals surface area contributed by atoms with Crippen molar-refractivity contribution in [3.63, 3.8) is 0 Å². The van der Waals surface area contributed by atoms with Crippen LogP contribution in [0.4, 0.5) is 0 Å². The molecule has 4 heteroatoms. The van der Waals surface area contributed by atoms with Gasteiger partial charge in [-0.25, -0.2) is 0 Å². The third-order valence-electron chi connectivity index (χ3n) is 1.32. The van der Waals surface area contributed by atoms with Gasteiger partial charge in [0.25, 0.3) is 0 Å². The van der Waals surface area contributed by atoms with E-state index in [1.54, 1.807) is 20.9 Å². The molecule has 4 nitrogen and oxygen atoms in total. The van der Waals surface area contributed by atoms with Crippen LogP contribution in [0.15, 0.2) is 0 Å². The van der Waals surface area contributed by atoms with Gasteiger partial charge in [0.15, 0.2) is 0 Å². The maximum atomic E-state index is 10.7. The van der Waals surface area contributed by atoms with Crippen LogP contribution < -0.4 is 16.8 Å². The number of hydrogen-bond donors (Lipinski definition) is 3. The van der Waals surface area contributed by atoms with E-state index in [-0.39, 0.29) is 0 Å². The summed E-state index contributed by atoms with van der Waals surface area (Å²) >= 11 is 0. The molecule has 0 aromatic heterocycles. The van der Waals surface area contributed by atoms with E-state index in [2.05, 4.69) is 5.32 Å². The second-order valence-corrected chi connectivity index (χ2v) is 2.95. The Morgan fingerprint density at radius 3 is 2.00 bits per heavy atom. The van der Waals surface area contributed by atoms with Gasteiger partial charge < -0.3 is 16.8 Å². The van der Waals surface area contributed by atoms with E-state index in [4.69, 9.17) is 11.5 Å². The topological polar surface area (TPSA) is 81.1 Å². The molecule has 0 fully saturated rings. The quantitative estimate of drug-likeness (QED) is 0.466. The number of hydrogen-bond acceptors (Lipinski definition) is 3. The summed E-state index contributed by atoms with van der Waals surface area (Å²) in [5.41, 5.74) is 10.1. The average molecular weight is 145 g/mol. The number of carbonyl (C=O) groups is 1. The van der Waals surface area contributed by atoms with Crippen LogP contribution in [-0.4, -0.2) is 24.5 Å². The Balaban J connectivity index is 4.22. The average Bonchev–Trinajstić information content (AvgIpc) is 1.60. The Kier molecular flexibility index (Phi) is 2.80. The van der Waals surface area contributed by atoms with Gasteiger partial charge in [0.2, 0.25) is 5.91 Å². The Morgan fingerprint density at radius 1 is 1.60 bits per heavy atom. The number of carbonyl (C=O) groups excluding carboxylic acids is 1. The van der Waals surface area contributed by atoms with Crippen LogP contribution in [-0.2, 0) is 4.79 Å². The molecule has 0 aromatic rings. The molecule has 0 spiro atoms. The minimum atomic E-state index is -0.597. The molecule has 0 aliphatic heterocycles. The van der Waals surface area contributed by atoms with E-state index in [0.29, 0.717) is 0 Å². The fourth-order valence-electron chi connectivity index (χ4n) is 0.881. The highest BCUT2D eigenvalue weighted by molar-refractivity contribution is 5.81. The first-order valence-corrected chi connectivity index (χ1v) is 3.15. The van der Waals surface area contributed by atoms with Crippen molar-refractivity contribution in [2.24, 2.45) is 11.5 Å². The smallest absolute Gasteiger partial charge is 0.236 e. The van der Waals surface area contributed by atoms with E-state index >= 15 is 0 Å². The molecule has 0 aliphatic carbocycles. The molecular weight excluding hydrogens is 130 g/mol. The van der Waals surface area contributed by atoms with Gasteiger partial charge in [-0.05, 0) is 20.9 Å². The molecule has 1 amide bonds. The zero-order valence-corrected chi connectivity index (χ0v) is 6.64. The van der Waals surface area contributed by atoms with Gasteiger partial charge in [-0.15, -0.1) is 0 Å². The van der Waals surface area contributed by atoms with Gasteiger partial charge in [-0.3, -0.25) is 4.79 Å². The Bertz CT molecular complexity index is 127. The summed E-state index contributed by atoms with van der Waals surface area (Å²) in [6.07, 6.45) is 0. The fourth-order valence-corrected chi connectivity index (χ4v) is 0.881. The summed E-state index contributed by atoms with van der Waals surface area (Å²) in [6, 6.07) is -0.465. The summed E-state index contributed by atoms with van der Waals surface area (Å²) in [5.74, 6) is -0.421. The van der Waals surface area contributed by atoms with Crippen LogP contribution in [0.1, 0.15) is 13.8 Å². The Labute approximate surface area is 61.0 Å². The number of amides is 1. The van der Waals surface area contributed by atoms with E-state index in [9.17, 15) is 4.79 Å². The van der Waals surface area contributed by atoms with Gasteiger partial charge in [-0.2, -0.15) is 0 Å². The van der Waals surface area contributed by atoms with Crippen LogP contribution >= 0.6 is 0 Å². The van der Waals surface area contributed by atoms with Gasteiger partial charge >= 0.3 is 0 Å². The summed E-state index contributed by atoms with van der Waals surface area (Å²) in [6.45, 7) is 3.50. The second-order valence-electron chi connectivity index (χ2n) is 2.95. The maximum Gasteiger partial charge on any atom is 0.236 e. The minimum Gasteiger partial charge on any atom is -0.368 e. The zero-order chi connectivity index (χ0) is 8.36. The van der Waals surface area contributed by atoms with Crippen LogP contribution in [0.5, 0.6) is 0 Å². The molecule has 0 rings (SSSR count). The van der Waals surface area contributed by atoms with E-state index in [1.165, 1.54) is 0 Å². The Hall–Kier alpha value is -0.610. The van der Waals surface area contributed by atoms with E-state index in [0.717, 1.165) is 0 Å². The van der Waals surface area contributed by atoms with Crippen molar-refractivity contribution in [3.05, 3.63) is 0 Å². The summed E-state index contributed by atoms with van der Waals surface area (Å²) in [4.78, 5) is 10.7. The van der Waals surface area contributed by atoms with Crippen molar-refractivity contribution in [1.82, 2.24) is 5.32 Å². The van der Waals surface area contributed by atoms with Crippen molar-refractivity contribution in [3.8, 4) is 0 Å². The monoisotopic (exact) mass is 145 g/mol. The lowest BCUT2D eigenvalue weighted by atomic mass is 9.96. The first-order chi connectivity index (χ1) is 4.39. The lowest BCUT2D eigenvalue weighted by Crippen LogP contribution is -2.58. The first kappa shape index (κ1) is 9.39. The van der Waals surface area contributed by atoms with Crippen LogP contribution in [0.2, 0.25) is 0 Å². The van der Waals surface area contributed by atoms with Crippen LogP contribution in [0, 0.1) is 0 Å². The SMILES string of the molecule is CNC(C(N)=O)C(C)(C)N. The molecule has 0 saturated heterocycles. The standard InChI is InChI=1S/C6H15N3O/c1-6(2,8)4(9-3)5(7)10/h4,9H,8H2,1-3H3,(H2,7,10). The molecule has 0 saturated carbocycles. The van der Waals surface area contributed by atoms with Gasteiger partial charge in [0, 0.05) is 5.54 Å². The number of primary amides is 1. The first-order valence-electron chi connectivity index (χ1n) is 3.15. The molecule has 0 radical (unpaired) electrons. The minimum absolute atomic E-state index is 0.421. The second kappa shape index (κ2) is 2.98. The van der Waals surface area contributed by atoms with Crippen molar-refractivity contribution >= 4 is 5.91 Å². The third-order valence-corrected chi connectivity index (χ3v) is 1.32. The van der Waals surface area contributed by atoms with Crippen LogP contribution in [0.25, 0.3) is 0 Å². The molecule has 1 unspecified atom stereocenters. The van der Waals surface area contributed by atoms with Crippen molar-refractivity contribution < 1.29 is 4.79 Å². The van der Waals surface area contributed by atoms with Gasteiger partial charge in [0.1, 0.15) is 6.04 Å². The molecule has 0 heterocycles. The largest absolute Gasteiger partial charge is 0.368 e. The highest BCUT2D eigenvalue weighted by Crippen LogP contribution is 2.02. The lowest BCUT2D eigenvalue weighted by molar-refractivity contribution is -0.121. The van der Waals surface area contributed by atoms with Gasteiger partial charge in [-0.1, -0.05) is 0 Å². The zero-order valence-electron chi connectivity index (χ0n) is 6.64. The van der Waals surface area contributed by atoms with Crippen molar-refractivity contribution in [2.75, 3.05) is 7.05 Å². The molecule has 0 aliphatic rings. The molecule has 10 heavy (non-hydrogen) atoms. The lowest BCUT2D eigenvalue weighted by Gasteiger charge is -2.26. The predicted octanol–water partition coefficient (Wildman–Crippen LogP) is -1.20. The van der Waals surface area contributed by atoms with E-state index in [1.807, 2.05) is 0 Å². The number of nitrogens with one attached hydrogen (secondary N) is 1. The third kappa shape index (κ3) is 2.33. The highest BCUT2D eigenvalue weighted by atomic mass is 16.1. The van der Waals surface area contributed by atoms with Crippen molar-refractivity contribution in [1.29, 1.82) is 0 Å². The van der Waals surface area contributed by atoms with Crippen LogP contribution in [0.3, 0.4) is 0 Å². The normalized spacial score (nSPS) is 14.8.